The van der Waals surface area contributed by atoms with Crippen LogP contribution in [0, 0.1) is 0 Å². The summed E-state index contributed by atoms with van der Waals surface area (Å²) >= 11 is 3.27. The van der Waals surface area contributed by atoms with Gasteiger partial charge in [-0.1, -0.05) is 0 Å². The second kappa shape index (κ2) is 2.33. The van der Waals surface area contributed by atoms with Crippen LogP contribution in [0.1, 0.15) is 0 Å². The summed E-state index contributed by atoms with van der Waals surface area (Å²) < 4.78 is 5.19. The maximum absolute atomic E-state index is 3.91. The first-order valence-corrected chi connectivity index (χ1v) is 3.88. The van der Waals surface area contributed by atoms with Crippen molar-refractivity contribution in [3.8, 4) is 0 Å². The highest BCUT2D eigenvalue weighted by atomic mass is 32.2. The molecule has 0 aliphatic heterocycles. The van der Waals surface area contributed by atoms with Gasteiger partial charge in [-0.2, -0.15) is 0 Å². The highest BCUT2D eigenvalue weighted by Crippen LogP contribution is 2.16. The van der Waals surface area contributed by atoms with E-state index in [2.05, 4.69) is 4.37 Å². The molecule has 0 aliphatic rings. The third-order valence-electron chi connectivity index (χ3n) is 0.615. The molecule has 38 valence electrons. The number of thioether (sulfide) groups is 1. The lowest BCUT2D eigenvalue weighted by Crippen LogP contribution is -1.46. The van der Waals surface area contributed by atoms with Crippen LogP contribution in [0.15, 0.2) is 16.5 Å². The van der Waals surface area contributed by atoms with Crippen LogP contribution >= 0.6 is 23.3 Å². The second-order valence-corrected chi connectivity index (χ2v) is 2.98. The minimum absolute atomic E-state index is 1.28. The normalized spacial score (nSPS) is 9.29. The standard InChI is InChI=1S/C4H5NS2/c1-6-4-2-3-5-7-4/h2-3H,1H3. The molecule has 0 amide bonds. The van der Waals surface area contributed by atoms with Gasteiger partial charge < -0.3 is 0 Å². The van der Waals surface area contributed by atoms with E-state index >= 15 is 0 Å². The Kier molecular flexibility index (Phi) is 1.70. The van der Waals surface area contributed by atoms with Gasteiger partial charge >= 0.3 is 0 Å². The van der Waals surface area contributed by atoms with E-state index in [9.17, 15) is 0 Å². The van der Waals surface area contributed by atoms with Crippen molar-refractivity contribution >= 4 is 23.3 Å². The Labute approximate surface area is 50.9 Å². The summed E-state index contributed by atoms with van der Waals surface area (Å²) in [5, 5.41) is 0. The van der Waals surface area contributed by atoms with Gasteiger partial charge in [0.15, 0.2) is 0 Å². The molecule has 1 aromatic heterocycles. The van der Waals surface area contributed by atoms with E-state index in [0.29, 0.717) is 0 Å². The van der Waals surface area contributed by atoms with Crippen molar-refractivity contribution in [3.63, 3.8) is 0 Å². The molecule has 7 heavy (non-hydrogen) atoms. The molecule has 0 unspecified atom stereocenters. The lowest BCUT2D eigenvalue weighted by atomic mass is 10.8. The Bertz CT molecular complexity index is 124. The molecule has 0 saturated heterocycles. The van der Waals surface area contributed by atoms with Crippen LogP contribution in [0.2, 0.25) is 0 Å². The maximum Gasteiger partial charge on any atom is 0.0803 e. The van der Waals surface area contributed by atoms with Crippen LogP contribution < -0.4 is 0 Å². The molecular weight excluding hydrogens is 126 g/mol. The predicted molar refractivity (Wildman–Crippen MR) is 33.9 cm³/mol. The van der Waals surface area contributed by atoms with Gasteiger partial charge in [0.1, 0.15) is 0 Å². The van der Waals surface area contributed by atoms with Gasteiger partial charge in [-0.15, -0.1) is 11.8 Å². The Morgan fingerprint density at radius 1 is 1.86 bits per heavy atom. The summed E-state index contributed by atoms with van der Waals surface area (Å²) in [5.74, 6) is 0. The molecule has 0 atom stereocenters. The van der Waals surface area contributed by atoms with E-state index in [1.54, 1.807) is 11.8 Å². The zero-order valence-electron chi connectivity index (χ0n) is 3.92. The van der Waals surface area contributed by atoms with Crippen LogP contribution in [0.25, 0.3) is 0 Å². The first-order chi connectivity index (χ1) is 3.43. The topological polar surface area (TPSA) is 12.9 Å². The SMILES string of the molecule is CSc1ccns1. The molecule has 1 aromatic rings. The Hall–Kier alpha value is -0.0200. The quantitative estimate of drug-likeness (QED) is 0.540. The highest BCUT2D eigenvalue weighted by molar-refractivity contribution is 8.00. The van der Waals surface area contributed by atoms with Gasteiger partial charge in [-0.05, 0) is 23.9 Å². The van der Waals surface area contributed by atoms with Crippen LogP contribution in [0.5, 0.6) is 0 Å². The fourth-order valence-electron chi connectivity index (χ4n) is 0.309. The fourth-order valence-corrected chi connectivity index (χ4v) is 1.28. The number of aromatic nitrogens is 1. The largest absolute Gasteiger partial charge is 0.200 e. The lowest BCUT2D eigenvalue weighted by Gasteiger charge is -1.76. The van der Waals surface area contributed by atoms with Crippen LogP contribution in [0.3, 0.4) is 0 Å². The third-order valence-corrected chi connectivity index (χ3v) is 2.42. The minimum atomic E-state index is 1.28. The average molecular weight is 131 g/mol. The lowest BCUT2D eigenvalue weighted by molar-refractivity contribution is 1.57. The molecule has 1 heterocycles. The first kappa shape index (κ1) is 5.12. The zero-order valence-corrected chi connectivity index (χ0v) is 5.55. The van der Waals surface area contributed by atoms with E-state index < -0.39 is 0 Å². The van der Waals surface area contributed by atoms with Gasteiger partial charge in [0.2, 0.25) is 0 Å². The van der Waals surface area contributed by atoms with Crippen molar-refractivity contribution in [3.05, 3.63) is 12.3 Å². The molecule has 0 spiro atoms. The molecule has 0 aliphatic carbocycles. The maximum atomic E-state index is 3.91. The van der Waals surface area contributed by atoms with Crippen molar-refractivity contribution < 1.29 is 0 Å². The molecule has 0 aromatic carbocycles. The number of nitrogens with zero attached hydrogens (tertiary/aromatic N) is 1. The third kappa shape index (κ3) is 1.17. The fraction of sp³-hybridized carbons (Fsp3) is 0.250. The van der Waals surface area contributed by atoms with Crippen molar-refractivity contribution in [2.24, 2.45) is 0 Å². The second-order valence-electron chi connectivity index (χ2n) is 1.04. The molecular formula is C4H5NS2. The molecule has 0 saturated carbocycles. The van der Waals surface area contributed by atoms with Crippen molar-refractivity contribution in [1.82, 2.24) is 4.37 Å². The molecule has 3 heteroatoms. The Morgan fingerprint density at radius 2 is 2.71 bits per heavy atom. The number of rotatable bonds is 1. The van der Waals surface area contributed by atoms with Gasteiger partial charge in [0.05, 0.1) is 4.21 Å². The van der Waals surface area contributed by atoms with Crippen molar-refractivity contribution in [2.45, 2.75) is 4.21 Å². The van der Waals surface area contributed by atoms with Crippen LogP contribution in [-0.2, 0) is 0 Å². The summed E-state index contributed by atoms with van der Waals surface area (Å²) in [4.78, 5) is 0. The van der Waals surface area contributed by atoms with E-state index in [4.69, 9.17) is 0 Å². The van der Waals surface area contributed by atoms with Gasteiger partial charge in [-0.25, -0.2) is 4.37 Å². The molecule has 1 rings (SSSR count). The summed E-state index contributed by atoms with van der Waals surface area (Å²) in [7, 11) is 0. The van der Waals surface area contributed by atoms with E-state index in [1.807, 2.05) is 18.5 Å². The summed E-state index contributed by atoms with van der Waals surface area (Å²) in [5.41, 5.74) is 0. The summed E-state index contributed by atoms with van der Waals surface area (Å²) in [6.07, 6.45) is 3.87. The van der Waals surface area contributed by atoms with Gasteiger partial charge in [0, 0.05) is 6.20 Å². The van der Waals surface area contributed by atoms with E-state index in [0.717, 1.165) is 0 Å². The first-order valence-electron chi connectivity index (χ1n) is 1.88. The summed E-state index contributed by atoms with van der Waals surface area (Å²) in [6, 6.07) is 2.01. The van der Waals surface area contributed by atoms with Gasteiger partial charge in [0.25, 0.3) is 0 Å². The van der Waals surface area contributed by atoms with Crippen molar-refractivity contribution in [2.75, 3.05) is 6.26 Å². The van der Waals surface area contributed by atoms with E-state index in [1.165, 1.54) is 15.7 Å². The molecule has 0 fully saturated rings. The van der Waals surface area contributed by atoms with Crippen LogP contribution in [-0.4, -0.2) is 10.6 Å². The van der Waals surface area contributed by atoms with Crippen LogP contribution in [0.4, 0.5) is 0 Å². The van der Waals surface area contributed by atoms with Crippen molar-refractivity contribution in [1.29, 1.82) is 0 Å². The van der Waals surface area contributed by atoms with E-state index in [-0.39, 0.29) is 0 Å². The predicted octanol–water partition coefficient (Wildman–Crippen LogP) is 1.86. The Morgan fingerprint density at radius 3 is 3.00 bits per heavy atom. The molecule has 0 bridgehead atoms. The smallest absolute Gasteiger partial charge is 0.0803 e. The molecule has 0 N–H and O–H groups in total. The number of hydrogen-bond acceptors (Lipinski definition) is 3. The Balaban J connectivity index is 2.76. The minimum Gasteiger partial charge on any atom is -0.200 e. The molecule has 0 radical (unpaired) electrons. The van der Waals surface area contributed by atoms with Gasteiger partial charge in [-0.3, -0.25) is 0 Å². The monoisotopic (exact) mass is 131 g/mol. The highest BCUT2D eigenvalue weighted by Gasteiger charge is 1.85. The average Bonchev–Trinajstić information content (AvgIpc) is 2.14. The molecule has 1 nitrogen and oxygen atoms in total. The summed E-state index contributed by atoms with van der Waals surface area (Å²) in [6.45, 7) is 0. The zero-order chi connectivity index (χ0) is 5.11. The number of hydrogen-bond donors (Lipinski definition) is 0.